The highest BCUT2D eigenvalue weighted by Gasteiger charge is 2.36. The van der Waals surface area contributed by atoms with Crippen molar-refractivity contribution in [3.63, 3.8) is 0 Å². The smallest absolute Gasteiger partial charge is 0.293 e. The summed E-state index contributed by atoms with van der Waals surface area (Å²) in [5.41, 5.74) is 11.4. The van der Waals surface area contributed by atoms with Crippen LogP contribution in [0.3, 0.4) is 0 Å². The number of hydrazine groups is 1. The van der Waals surface area contributed by atoms with Crippen LogP contribution < -0.4 is 10.7 Å². The fourth-order valence-electron chi connectivity index (χ4n) is 8.54. The van der Waals surface area contributed by atoms with E-state index in [4.69, 9.17) is 14.5 Å². The molecule has 1 aliphatic rings. The van der Waals surface area contributed by atoms with E-state index in [-0.39, 0.29) is 31.0 Å². The van der Waals surface area contributed by atoms with Gasteiger partial charge in [-0.25, -0.2) is 5.43 Å². The number of likely N-dealkylation sites (N-methyl/N-ethyl adjacent to an activating group) is 1. The topological polar surface area (TPSA) is 176 Å². The van der Waals surface area contributed by atoms with Crippen molar-refractivity contribution in [1.29, 1.82) is 0 Å². The van der Waals surface area contributed by atoms with Crippen LogP contribution in [-0.4, -0.2) is 113 Å². The molecule has 4 aromatic rings. The number of nitrogens with zero attached hydrogens (tertiary/aromatic N) is 4. The van der Waals surface area contributed by atoms with Crippen LogP contribution in [0.1, 0.15) is 82.9 Å². The maximum Gasteiger partial charge on any atom is 0.293 e. The van der Waals surface area contributed by atoms with Crippen molar-refractivity contribution in [2.75, 3.05) is 40.5 Å². The highest BCUT2D eigenvalue weighted by atomic mass is 16.5. The van der Waals surface area contributed by atoms with Gasteiger partial charge < -0.3 is 34.5 Å². The van der Waals surface area contributed by atoms with E-state index in [1.165, 1.54) is 7.05 Å². The molecule has 2 aromatic heterocycles. The molecule has 5 rings (SSSR count). The van der Waals surface area contributed by atoms with Crippen LogP contribution in [0.2, 0.25) is 0 Å². The number of pyridine rings is 1. The number of hydrogen-bond acceptors (Lipinski definition) is 10. The van der Waals surface area contributed by atoms with Gasteiger partial charge in [0.2, 0.25) is 5.91 Å². The van der Waals surface area contributed by atoms with Crippen LogP contribution in [-0.2, 0) is 48.0 Å². The molecule has 61 heavy (non-hydrogen) atoms. The number of methoxy groups -OCH3 is 1. The number of nitrogens with one attached hydrogen (secondary N) is 2. The van der Waals surface area contributed by atoms with Crippen molar-refractivity contribution in [2.24, 2.45) is 11.3 Å². The zero-order valence-electron chi connectivity index (χ0n) is 37.2. The van der Waals surface area contributed by atoms with E-state index in [0.29, 0.717) is 32.5 Å². The Bertz CT molecular complexity index is 2180. The Hall–Kier alpha value is -5.15. The monoisotopic (exact) mass is 840 g/mol. The molecule has 330 valence electrons. The number of aromatic nitrogens is 2. The average molecular weight is 841 g/mol. The predicted molar refractivity (Wildman–Crippen MR) is 235 cm³/mol. The van der Waals surface area contributed by atoms with Crippen LogP contribution in [0.15, 0.2) is 54.7 Å². The normalized spacial score (nSPS) is 15.3. The molecule has 14 heteroatoms. The third-order valence-corrected chi connectivity index (χ3v) is 11.5. The minimum atomic E-state index is -1.67. The summed E-state index contributed by atoms with van der Waals surface area (Å²) in [7, 11) is 3.09. The van der Waals surface area contributed by atoms with Crippen LogP contribution in [0.5, 0.6) is 0 Å². The van der Waals surface area contributed by atoms with Gasteiger partial charge in [0.25, 0.3) is 18.3 Å². The largest absolute Gasteiger partial charge is 0.467 e. The van der Waals surface area contributed by atoms with Crippen molar-refractivity contribution in [2.45, 2.75) is 105 Å². The summed E-state index contributed by atoms with van der Waals surface area (Å²) >= 11 is 0. The molecule has 3 heterocycles. The van der Waals surface area contributed by atoms with Gasteiger partial charge in [-0.05, 0) is 92.5 Å². The first-order valence-electron chi connectivity index (χ1n) is 21.3. The molecule has 4 unspecified atom stereocenters. The fourth-order valence-corrected chi connectivity index (χ4v) is 8.54. The molecule has 0 spiro atoms. The molecule has 1 saturated heterocycles. The number of amides is 3. The Morgan fingerprint density at radius 2 is 1.84 bits per heavy atom. The minimum Gasteiger partial charge on any atom is -0.467 e. The van der Waals surface area contributed by atoms with E-state index in [0.717, 1.165) is 73.4 Å². The lowest BCUT2D eigenvalue weighted by atomic mass is 9.84. The number of aliphatic hydroxyl groups is 2. The van der Waals surface area contributed by atoms with Gasteiger partial charge in [0.1, 0.15) is 12.1 Å². The molecule has 4 N–H and O–H groups in total. The second-order valence-electron chi connectivity index (χ2n) is 17.3. The Balaban J connectivity index is 1.60. The number of hydrogen-bond donors (Lipinski definition) is 4. The van der Waals surface area contributed by atoms with E-state index < -0.39 is 42.0 Å². The van der Waals surface area contributed by atoms with Crippen molar-refractivity contribution in [3.05, 3.63) is 77.1 Å². The first-order valence-corrected chi connectivity index (χ1v) is 21.3. The van der Waals surface area contributed by atoms with Crippen molar-refractivity contribution in [1.82, 2.24) is 30.2 Å². The summed E-state index contributed by atoms with van der Waals surface area (Å²) in [6, 6.07) is 14.6. The molecule has 1 fully saturated rings. The highest BCUT2D eigenvalue weighted by Crippen LogP contribution is 2.42. The quantitative estimate of drug-likeness (QED) is 0.0927. The molecule has 2 aromatic carbocycles. The Morgan fingerprint density at radius 1 is 1.08 bits per heavy atom. The first-order chi connectivity index (χ1) is 29.0. The molecular weight excluding hydrogens is 777 g/mol. The SMILES string of the molecule is CCn1c(-c2cccnc2C(C)OC)c(CC(C)(C)COC=O)c2cc(-c3cc(C)cc(CC(NC(=O)C(C(C)C)N(C)C(=O)C(O)CO)C(=O)N4CCCCN4)c3)ccc21. The van der Waals surface area contributed by atoms with Crippen LogP contribution in [0, 0.1) is 18.3 Å². The third-order valence-electron chi connectivity index (χ3n) is 11.5. The minimum absolute atomic E-state index is 0.176. The summed E-state index contributed by atoms with van der Waals surface area (Å²) < 4.78 is 13.4. The summed E-state index contributed by atoms with van der Waals surface area (Å²) in [5.74, 6) is -1.98. The predicted octanol–water partition coefficient (Wildman–Crippen LogP) is 5.14. The molecule has 0 saturated carbocycles. The molecule has 1 aliphatic heterocycles. The fraction of sp³-hybridized carbons (Fsp3) is 0.511. The van der Waals surface area contributed by atoms with Crippen molar-refractivity contribution >= 4 is 35.1 Å². The lowest BCUT2D eigenvalue weighted by Gasteiger charge is -2.34. The van der Waals surface area contributed by atoms with Crippen LogP contribution >= 0.6 is 0 Å². The van der Waals surface area contributed by atoms with E-state index in [9.17, 15) is 29.4 Å². The maximum absolute atomic E-state index is 14.2. The van der Waals surface area contributed by atoms with Crippen LogP contribution in [0.25, 0.3) is 33.3 Å². The Labute approximate surface area is 359 Å². The second kappa shape index (κ2) is 20.6. The number of fused-ring (bicyclic) bond motifs is 1. The maximum atomic E-state index is 14.2. The Kier molecular flexibility index (Phi) is 15.8. The van der Waals surface area contributed by atoms with Crippen molar-refractivity contribution < 1.29 is 38.9 Å². The van der Waals surface area contributed by atoms with Crippen molar-refractivity contribution in [3.8, 4) is 22.4 Å². The number of ether oxygens (including phenoxy) is 2. The first kappa shape index (κ1) is 46.9. The zero-order valence-corrected chi connectivity index (χ0v) is 37.2. The molecule has 0 bridgehead atoms. The Morgan fingerprint density at radius 3 is 2.48 bits per heavy atom. The summed E-state index contributed by atoms with van der Waals surface area (Å²) in [5, 5.41) is 25.1. The number of benzene rings is 2. The standard InChI is InChI=1S/C47H64N6O8/c1-10-52-39-16-15-33(24-36(39)37(25-47(6,7)27-61-28-55)43(52)35-14-13-17-48-41(35)31(5)60-9)34-21-30(4)20-32(22-34)23-38(45(58)53-19-12-11-18-49-53)50-44(57)42(29(2)3)51(8)46(59)40(56)26-54/h13-17,20-22,24,28-29,31,38,40,42,49,54,56H,10-12,18-19,23,25-27H2,1-9H3,(H,50,57). The molecule has 0 aliphatic carbocycles. The summed E-state index contributed by atoms with van der Waals surface area (Å²) in [4.78, 5) is 58.4. The second-order valence-corrected chi connectivity index (χ2v) is 17.3. The number of carbonyl (C=O) groups is 4. The van der Waals surface area contributed by atoms with Gasteiger partial charge >= 0.3 is 0 Å². The number of aliphatic hydroxyl groups excluding tert-OH is 2. The zero-order chi connectivity index (χ0) is 44.6. The van der Waals surface area contributed by atoms with Gasteiger partial charge in [0.15, 0.2) is 6.10 Å². The lowest BCUT2D eigenvalue weighted by Crippen LogP contribution is -2.60. The van der Waals surface area contributed by atoms with Gasteiger partial charge in [0.05, 0.1) is 30.7 Å². The number of carbonyl (C=O) groups excluding carboxylic acids is 4. The number of aryl methyl sites for hydroxylation is 2. The molecular formula is C47H64N6O8. The van der Waals surface area contributed by atoms with Gasteiger partial charge in [0, 0.05) is 68.3 Å². The lowest BCUT2D eigenvalue weighted by molar-refractivity contribution is -0.149. The summed E-state index contributed by atoms with van der Waals surface area (Å²) in [6.45, 7) is 15.6. The van der Waals surface area contributed by atoms with E-state index in [2.05, 4.69) is 72.5 Å². The average Bonchev–Trinajstić information content (AvgIpc) is 3.55. The molecule has 14 nitrogen and oxygen atoms in total. The van der Waals surface area contributed by atoms with Gasteiger partial charge in [-0.2, -0.15) is 0 Å². The van der Waals surface area contributed by atoms with E-state index in [1.807, 2.05) is 26.0 Å². The highest BCUT2D eigenvalue weighted by molar-refractivity contribution is 5.96. The summed E-state index contributed by atoms with van der Waals surface area (Å²) in [6.07, 6.45) is 2.37. The molecule has 4 atom stereocenters. The van der Waals surface area contributed by atoms with Crippen LogP contribution in [0.4, 0.5) is 0 Å². The number of rotatable bonds is 19. The third kappa shape index (κ3) is 10.8. The van der Waals surface area contributed by atoms with Gasteiger partial charge in [-0.1, -0.05) is 57.5 Å². The molecule has 0 radical (unpaired) electrons. The molecule has 3 amide bonds. The van der Waals surface area contributed by atoms with E-state index in [1.54, 1.807) is 32.2 Å². The van der Waals surface area contributed by atoms with E-state index >= 15 is 0 Å². The van der Waals surface area contributed by atoms with Gasteiger partial charge in [-0.3, -0.25) is 29.2 Å². The van der Waals surface area contributed by atoms with Gasteiger partial charge in [-0.15, -0.1) is 0 Å².